The normalized spacial score (nSPS) is 21.6. The highest BCUT2D eigenvalue weighted by molar-refractivity contribution is 5.84. The summed E-state index contributed by atoms with van der Waals surface area (Å²) in [6, 6.07) is 11.9. The van der Waals surface area contributed by atoms with Crippen molar-refractivity contribution in [1.29, 1.82) is 0 Å². The Bertz CT molecular complexity index is 1080. The molecule has 164 valence electrons. The fourth-order valence-corrected chi connectivity index (χ4v) is 5.08. The number of β-amino-alcohol motifs (C(OH)–C–C–N with tert-alkyl or cyclic N) is 1. The molecule has 0 amide bonds. The number of ether oxygens (including phenoxy) is 2. The molecule has 2 aliphatic heterocycles. The van der Waals surface area contributed by atoms with Crippen LogP contribution in [0.15, 0.2) is 42.6 Å². The zero-order valence-electron chi connectivity index (χ0n) is 18.1. The van der Waals surface area contributed by atoms with Gasteiger partial charge in [0.05, 0.1) is 19.3 Å². The third-order valence-corrected chi connectivity index (χ3v) is 6.89. The number of aliphatic hydroxyl groups excluding tert-OH is 2. The number of piperidine rings is 1. The summed E-state index contributed by atoms with van der Waals surface area (Å²) in [7, 11) is 1.65. The molecule has 31 heavy (non-hydrogen) atoms. The van der Waals surface area contributed by atoms with E-state index >= 15 is 0 Å². The van der Waals surface area contributed by atoms with Crippen molar-refractivity contribution in [1.82, 2.24) is 9.88 Å². The van der Waals surface area contributed by atoms with Crippen molar-refractivity contribution in [2.24, 2.45) is 0 Å². The number of aryl methyl sites for hydroxylation is 1. The molecule has 2 aromatic carbocycles. The number of benzene rings is 2. The Kier molecular flexibility index (Phi) is 5.16. The lowest BCUT2D eigenvalue weighted by Gasteiger charge is -2.46. The lowest BCUT2D eigenvalue weighted by atomic mass is 9.81. The van der Waals surface area contributed by atoms with Crippen LogP contribution in [0.25, 0.3) is 10.9 Å². The molecule has 2 aliphatic rings. The zero-order chi connectivity index (χ0) is 21.6. The summed E-state index contributed by atoms with van der Waals surface area (Å²) in [6.45, 7) is 4.28. The first-order chi connectivity index (χ1) is 15.0. The van der Waals surface area contributed by atoms with Crippen LogP contribution in [0.3, 0.4) is 0 Å². The Balaban J connectivity index is 1.25. The highest BCUT2D eigenvalue weighted by Crippen LogP contribution is 2.44. The maximum Gasteiger partial charge on any atom is 0.125 e. The van der Waals surface area contributed by atoms with E-state index < -0.39 is 12.2 Å². The summed E-state index contributed by atoms with van der Waals surface area (Å²) < 4.78 is 11.7. The number of aliphatic hydroxyl groups is 2. The van der Waals surface area contributed by atoms with Crippen LogP contribution >= 0.6 is 0 Å². The van der Waals surface area contributed by atoms with Crippen LogP contribution < -0.4 is 9.47 Å². The minimum Gasteiger partial charge on any atom is -0.497 e. The molecule has 0 unspecified atom stereocenters. The third-order valence-electron chi connectivity index (χ3n) is 6.89. The molecule has 1 spiro atoms. The predicted molar refractivity (Wildman–Crippen MR) is 120 cm³/mol. The largest absolute Gasteiger partial charge is 0.497 e. The minimum absolute atomic E-state index is 0.319. The van der Waals surface area contributed by atoms with Crippen LogP contribution in [0, 0.1) is 6.92 Å². The first-order valence-corrected chi connectivity index (χ1v) is 11.0. The van der Waals surface area contributed by atoms with E-state index in [1.807, 2.05) is 49.5 Å². The van der Waals surface area contributed by atoms with E-state index in [-0.39, 0.29) is 5.60 Å². The SMILES string of the molecule is COc1ccc2c([C@H](O)CN3CCC4(CC3)C[C@@H](O)c3cc(C)ccc3O4)c[nH]c2c1. The molecule has 0 aliphatic carbocycles. The molecule has 5 rings (SSSR count). The molecule has 3 aromatic rings. The Labute approximate surface area is 182 Å². The van der Waals surface area contributed by atoms with E-state index in [2.05, 4.69) is 9.88 Å². The van der Waals surface area contributed by atoms with Crippen LogP contribution in [-0.2, 0) is 0 Å². The molecule has 6 nitrogen and oxygen atoms in total. The number of hydrogen-bond acceptors (Lipinski definition) is 5. The van der Waals surface area contributed by atoms with Crippen LogP contribution in [-0.4, -0.2) is 52.4 Å². The van der Waals surface area contributed by atoms with E-state index in [0.717, 1.165) is 65.0 Å². The topological polar surface area (TPSA) is 78.0 Å². The lowest BCUT2D eigenvalue weighted by Crippen LogP contribution is -2.51. The summed E-state index contributed by atoms with van der Waals surface area (Å²) >= 11 is 0. The van der Waals surface area contributed by atoms with Crippen molar-refractivity contribution in [2.45, 2.75) is 44.0 Å². The lowest BCUT2D eigenvalue weighted by molar-refractivity contribution is -0.0587. The van der Waals surface area contributed by atoms with Crippen molar-refractivity contribution in [3.8, 4) is 11.5 Å². The highest BCUT2D eigenvalue weighted by atomic mass is 16.5. The van der Waals surface area contributed by atoms with Crippen LogP contribution in [0.4, 0.5) is 0 Å². The van der Waals surface area contributed by atoms with Gasteiger partial charge in [0.25, 0.3) is 0 Å². The Morgan fingerprint density at radius 1 is 1.23 bits per heavy atom. The second-order valence-electron chi connectivity index (χ2n) is 9.02. The molecule has 0 saturated carbocycles. The smallest absolute Gasteiger partial charge is 0.125 e. The summed E-state index contributed by atoms with van der Waals surface area (Å²) in [5.41, 5.74) is 3.59. The quantitative estimate of drug-likeness (QED) is 0.595. The van der Waals surface area contributed by atoms with Crippen molar-refractivity contribution >= 4 is 10.9 Å². The van der Waals surface area contributed by atoms with E-state index in [1.54, 1.807) is 7.11 Å². The van der Waals surface area contributed by atoms with Crippen molar-refractivity contribution in [3.05, 3.63) is 59.3 Å². The number of fused-ring (bicyclic) bond motifs is 2. The van der Waals surface area contributed by atoms with Crippen molar-refractivity contribution < 1.29 is 19.7 Å². The van der Waals surface area contributed by atoms with Crippen LogP contribution in [0.1, 0.15) is 48.2 Å². The van der Waals surface area contributed by atoms with Gasteiger partial charge in [-0.15, -0.1) is 0 Å². The van der Waals surface area contributed by atoms with Crippen molar-refractivity contribution in [3.63, 3.8) is 0 Å². The molecule has 0 bridgehead atoms. The van der Waals surface area contributed by atoms with Gasteiger partial charge < -0.3 is 29.6 Å². The van der Waals surface area contributed by atoms with Gasteiger partial charge in [0.15, 0.2) is 0 Å². The van der Waals surface area contributed by atoms with E-state index in [4.69, 9.17) is 9.47 Å². The van der Waals surface area contributed by atoms with Gasteiger partial charge in [-0.1, -0.05) is 11.6 Å². The number of likely N-dealkylation sites (tertiary alicyclic amines) is 1. The maximum absolute atomic E-state index is 10.9. The molecular formula is C25H30N2O4. The van der Waals surface area contributed by atoms with Gasteiger partial charge in [0.1, 0.15) is 17.1 Å². The molecule has 1 fully saturated rings. The molecule has 1 saturated heterocycles. The fraction of sp³-hybridized carbons (Fsp3) is 0.440. The first-order valence-electron chi connectivity index (χ1n) is 11.0. The van der Waals surface area contributed by atoms with Gasteiger partial charge in [-0.3, -0.25) is 0 Å². The van der Waals surface area contributed by atoms with Gasteiger partial charge in [-0.2, -0.15) is 0 Å². The average molecular weight is 423 g/mol. The van der Waals surface area contributed by atoms with Crippen molar-refractivity contribution in [2.75, 3.05) is 26.7 Å². The fourth-order valence-electron chi connectivity index (χ4n) is 5.08. The third kappa shape index (κ3) is 3.80. The van der Waals surface area contributed by atoms with Gasteiger partial charge in [0.2, 0.25) is 0 Å². The summed E-state index contributed by atoms with van der Waals surface area (Å²) in [4.78, 5) is 5.53. The number of aromatic amines is 1. The van der Waals surface area contributed by atoms with Gasteiger partial charge in [-0.25, -0.2) is 0 Å². The second kappa shape index (κ2) is 7.86. The minimum atomic E-state index is -0.572. The number of nitrogens with one attached hydrogen (secondary N) is 1. The summed E-state index contributed by atoms with van der Waals surface area (Å²) in [5.74, 6) is 1.61. The first kappa shape index (κ1) is 20.4. The van der Waals surface area contributed by atoms with Gasteiger partial charge >= 0.3 is 0 Å². The molecule has 3 N–H and O–H groups in total. The molecule has 1 aromatic heterocycles. The number of methoxy groups -OCH3 is 1. The Morgan fingerprint density at radius 2 is 2.03 bits per heavy atom. The number of nitrogens with zero attached hydrogens (tertiary/aromatic N) is 1. The number of hydrogen-bond donors (Lipinski definition) is 3. The second-order valence-corrected chi connectivity index (χ2v) is 9.02. The van der Waals surface area contributed by atoms with E-state index in [0.29, 0.717) is 13.0 Å². The van der Waals surface area contributed by atoms with Gasteiger partial charge in [0, 0.05) is 60.3 Å². The standard InChI is InChI=1S/C25H30N2O4/c1-16-3-6-24-19(11-16)22(28)13-25(31-24)7-9-27(10-8-25)15-23(29)20-14-26-21-12-17(30-2)4-5-18(20)21/h3-6,11-12,14,22-23,26,28-29H,7-10,13,15H2,1-2H3/t22-,23-/m1/s1. The molecular weight excluding hydrogens is 392 g/mol. The zero-order valence-corrected chi connectivity index (χ0v) is 18.1. The predicted octanol–water partition coefficient (Wildman–Crippen LogP) is 3.87. The average Bonchev–Trinajstić information content (AvgIpc) is 3.19. The number of H-pyrrole nitrogens is 1. The highest BCUT2D eigenvalue weighted by Gasteiger charge is 2.43. The summed E-state index contributed by atoms with van der Waals surface area (Å²) in [5, 5.41) is 22.7. The molecule has 3 heterocycles. The van der Waals surface area contributed by atoms with E-state index in [9.17, 15) is 10.2 Å². The number of rotatable bonds is 4. The molecule has 0 radical (unpaired) electrons. The molecule has 2 atom stereocenters. The summed E-state index contributed by atoms with van der Waals surface area (Å²) in [6.07, 6.45) is 3.15. The Hall–Kier alpha value is -2.54. The maximum atomic E-state index is 10.9. The van der Waals surface area contributed by atoms with Crippen LogP contribution in [0.5, 0.6) is 11.5 Å². The van der Waals surface area contributed by atoms with E-state index in [1.165, 1.54) is 0 Å². The van der Waals surface area contributed by atoms with Gasteiger partial charge in [-0.05, 0) is 44.0 Å². The van der Waals surface area contributed by atoms with Crippen LogP contribution in [0.2, 0.25) is 0 Å². The monoisotopic (exact) mass is 422 g/mol. The number of aromatic nitrogens is 1. The Morgan fingerprint density at radius 3 is 2.81 bits per heavy atom. The molecule has 6 heteroatoms.